The van der Waals surface area contributed by atoms with Gasteiger partial charge in [-0.25, -0.2) is 9.78 Å². The largest absolute Gasteiger partial charge is 0.444 e. The number of hydrogen-bond donors (Lipinski definition) is 3. The summed E-state index contributed by atoms with van der Waals surface area (Å²) in [5.74, 6) is 0.828. The Hall–Kier alpha value is -3.74. The van der Waals surface area contributed by atoms with Gasteiger partial charge in [-0.2, -0.15) is 0 Å². The van der Waals surface area contributed by atoms with E-state index in [4.69, 9.17) is 10.5 Å². The molecule has 3 rings (SSSR count). The second-order valence-electron chi connectivity index (χ2n) is 12.0. The third-order valence-corrected chi connectivity index (χ3v) is 6.46. The number of H-pyrrole nitrogens is 1. The first-order valence-electron chi connectivity index (χ1n) is 13.1. The lowest BCUT2D eigenvalue weighted by molar-refractivity contribution is 0.0486. The van der Waals surface area contributed by atoms with Crippen molar-refractivity contribution in [1.29, 1.82) is 0 Å². The van der Waals surface area contributed by atoms with Crippen LogP contribution in [0.5, 0.6) is 0 Å². The van der Waals surface area contributed by atoms with Gasteiger partial charge in [0.25, 0.3) is 0 Å². The number of nitrogens with zero attached hydrogens (tertiary/aromatic N) is 2. The van der Waals surface area contributed by atoms with Crippen molar-refractivity contribution in [3.63, 3.8) is 0 Å². The molecule has 7 heteroatoms. The Morgan fingerprint density at radius 2 is 1.50 bits per heavy atom. The molecular weight excluding hydrogens is 474 g/mol. The van der Waals surface area contributed by atoms with Crippen LogP contribution in [0.2, 0.25) is 0 Å². The Morgan fingerprint density at radius 1 is 0.974 bits per heavy atom. The average molecular weight is 518 g/mol. The molecule has 2 aromatic carbocycles. The maximum absolute atomic E-state index is 12.4. The van der Waals surface area contributed by atoms with Gasteiger partial charge in [0.1, 0.15) is 11.4 Å². The molecule has 0 saturated heterocycles. The minimum atomic E-state index is -0.561. The van der Waals surface area contributed by atoms with E-state index in [0.717, 1.165) is 33.6 Å². The highest BCUT2D eigenvalue weighted by Crippen LogP contribution is 2.29. The van der Waals surface area contributed by atoms with E-state index in [1.807, 2.05) is 34.6 Å². The summed E-state index contributed by atoms with van der Waals surface area (Å²) >= 11 is 0. The number of carbonyl (C=O) groups is 1. The Bertz CT molecular complexity index is 1240. The average Bonchev–Trinajstić information content (AvgIpc) is 3.31. The fraction of sp³-hybridized carbons (Fsp3) is 0.419. The van der Waals surface area contributed by atoms with Gasteiger partial charge in [0.05, 0.1) is 23.6 Å². The number of hydrogen-bond acceptors (Lipinski definition) is 5. The lowest BCUT2D eigenvalue weighted by Gasteiger charge is -2.36. The molecule has 0 bridgehead atoms. The van der Waals surface area contributed by atoms with Crippen LogP contribution >= 0.6 is 0 Å². The van der Waals surface area contributed by atoms with E-state index in [1.54, 1.807) is 12.4 Å². The summed E-state index contributed by atoms with van der Waals surface area (Å²) in [5.41, 5.74) is 11.6. The molecule has 0 aliphatic carbocycles. The van der Waals surface area contributed by atoms with E-state index < -0.39 is 11.7 Å². The number of amides is 1. The van der Waals surface area contributed by atoms with Crippen LogP contribution in [-0.2, 0) is 4.74 Å². The molecular formula is C31H43N5O2. The van der Waals surface area contributed by atoms with Crippen LogP contribution in [0.4, 0.5) is 4.79 Å². The summed E-state index contributed by atoms with van der Waals surface area (Å²) in [6, 6.07) is 16.5. The van der Waals surface area contributed by atoms with E-state index >= 15 is 0 Å². The molecule has 7 nitrogen and oxygen atoms in total. The molecule has 1 aromatic heterocycles. The highest BCUT2D eigenvalue weighted by molar-refractivity contribution is 5.72. The number of alkyl carbamates (subject to hydrolysis) is 1. The molecule has 204 valence electrons. The van der Waals surface area contributed by atoms with E-state index in [0.29, 0.717) is 5.82 Å². The Morgan fingerprint density at radius 3 is 1.97 bits per heavy atom. The monoisotopic (exact) mass is 517 g/mol. The van der Waals surface area contributed by atoms with Crippen molar-refractivity contribution in [2.24, 2.45) is 11.7 Å². The molecule has 1 heterocycles. The first-order chi connectivity index (χ1) is 17.7. The lowest BCUT2D eigenvalue weighted by atomic mass is 9.99. The summed E-state index contributed by atoms with van der Waals surface area (Å²) in [4.78, 5) is 22.5. The number of aromatic amines is 1. The number of benzene rings is 2. The van der Waals surface area contributed by atoms with E-state index in [1.165, 1.54) is 0 Å². The third-order valence-electron chi connectivity index (χ3n) is 6.46. The Kier molecular flexibility index (Phi) is 8.60. The zero-order valence-electron chi connectivity index (χ0n) is 24.2. The number of ether oxygens (including phenoxy) is 1. The molecule has 0 saturated carbocycles. The first-order valence-corrected chi connectivity index (χ1v) is 13.1. The molecule has 0 fully saturated rings. The van der Waals surface area contributed by atoms with Gasteiger partial charge in [-0.1, -0.05) is 62.4 Å². The van der Waals surface area contributed by atoms with Gasteiger partial charge in [0.15, 0.2) is 0 Å². The third kappa shape index (κ3) is 7.18. The molecule has 0 radical (unpaired) electrons. The molecule has 0 spiro atoms. The normalized spacial score (nSPS) is 13.4. The van der Waals surface area contributed by atoms with Crippen LogP contribution in [0, 0.1) is 5.92 Å². The van der Waals surface area contributed by atoms with E-state index in [2.05, 4.69) is 96.5 Å². The molecule has 1 unspecified atom stereocenters. The van der Waals surface area contributed by atoms with Gasteiger partial charge in [-0.3, -0.25) is 0 Å². The molecule has 3 aromatic rings. The maximum Gasteiger partial charge on any atom is 0.408 e. The molecule has 1 amide bonds. The van der Waals surface area contributed by atoms with Crippen LogP contribution < -0.4 is 11.1 Å². The van der Waals surface area contributed by atoms with Crippen molar-refractivity contribution in [3.05, 3.63) is 72.3 Å². The van der Waals surface area contributed by atoms with Crippen LogP contribution in [0.1, 0.15) is 72.8 Å². The fourth-order valence-corrected chi connectivity index (χ4v) is 4.07. The SMILES string of the molecule is CC(C)C(NC(=O)OC(C)(C)C)c1ncc(-c2ccc(-c3ccc(/C(=C/N)N(C)C(C)(C)C)cc3)cc2)[nH]1. The predicted octanol–water partition coefficient (Wildman–Crippen LogP) is 6.95. The van der Waals surface area contributed by atoms with Crippen molar-refractivity contribution in [2.75, 3.05) is 7.05 Å². The van der Waals surface area contributed by atoms with Crippen molar-refractivity contribution in [1.82, 2.24) is 20.2 Å². The van der Waals surface area contributed by atoms with Crippen molar-refractivity contribution >= 4 is 11.8 Å². The summed E-state index contributed by atoms with van der Waals surface area (Å²) in [5, 5.41) is 2.95. The van der Waals surface area contributed by atoms with Gasteiger partial charge in [-0.15, -0.1) is 0 Å². The minimum Gasteiger partial charge on any atom is -0.444 e. The van der Waals surface area contributed by atoms with Gasteiger partial charge in [0.2, 0.25) is 0 Å². The highest BCUT2D eigenvalue weighted by atomic mass is 16.6. The van der Waals surface area contributed by atoms with E-state index in [-0.39, 0.29) is 17.5 Å². The highest BCUT2D eigenvalue weighted by Gasteiger charge is 2.25. The van der Waals surface area contributed by atoms with Gasteiger partial charge >= 0.3 is 6.09 Å². The van der Waals surface area contributed by atoms with Gasteiger partial charge in [-0.05, 0) is 69.7 Å². The summed E-state index contributed by atoms with van der Waals surface area (Å²) < 4.78 is 5.44. The van der Waals surface area contributed by atoms with Gasteiger partial charge in [0, 0.05) is 18.8 Å². The maximum atomic E-state index is 12.4. The minimum absolute atomic E-state index is 0.0345. The second-order valence-corrected chi connectivity index (χ2v) is 12.0. The smallest absolute Gasteiger partial charge is 0.408 e. The molecule has 1 atom stereocenters. The predicted molar refractivity (Wildman–Crippen MR) is 156 cm³/mol. The Balaban J connectivity index is 1.76. The van der Waals surface area contributed by atoms with Crippen LogP contribution in [-0.4, -0.2) is 39.1 Å². The van der Waals surface area contributed by atoms with Crippen LogP contribution in [0.15, 0.2) is 60.9 Å². The number of rotatable bonds is 7. The Labute approximate surface area is 227 Å². The lowest BCUT2D eigenvalue weighted by Crippen LogP contribution is -2.37. The fourth-order valence-electron chi connectivity index (χ4n) is 4.07. The number of nitrogens with one attached hydrogen (secondary N) is 2. The van der Waals surface area contributed by atoms with Crippen molar-refractivity contribution in [3.8, 4) is 22.4 Å². The standard InChI is InChI=1S/C31H43N5O2/c1-20(2)27(35-29(37)38-31(6,7)8)28-33-19-25(34-28)23-14-10-21(11-15-23)22-12-16-24(17-13-22)26(18-32)36(9)30(3,4)5/h10-20,27H,32H2,1-9H3,(H,33,34)(H,35,37)/b26-18-. The van der Waals surface area contributed by atoms with Crippen LogP contribution in [0.25, 0.3) is 28.1 Å². The van der Waals surface area contributed by atoms with Crippen molar-refractivity contribution < 1.29 is 9.53 Å². The topological polar surface area (TPSA) is 96.3 Å². The number of nitrogens with two attached hydrogens (primary N) is 1. The number of imidazole rings is 1. The molecule has 0 aliphatic heterocycles. The van der Waals surface area contributed by atoms with Gasteiger partial charge < -0.3 is 25.7 Å². The first kappa shape index (κ1) is 28.8. The van der Waals surface area contributed by atoms with E-state index in [9.17, 15) is 4.79 Å². The quantitative estimate of drug-likeness (QED) is 0.315. The summed E-state index contributed by atoms with van der Waals surface area (Å²) in [7, 11) is 2.06. The number of aromatic nitrogens is 2. The number of carbonyl (C=O) groups excluding carboxylic acids is 1. The van der Waals surface area contributed by atoms with Crippen molar-refractivity contribution in [2.45, 2.75) is 72.6 Å². The zero-order valence-corrected chi connectivity index (χ0v) is 24.2. The molecule has 4 N–H and O–H groups in total. The molecule has 38 heavy (non-hydrogen) atoms. The summed E-state index contributed by atoms with van der Waals surface area (Å²) in [6.07, 6.45) is 3.02. The summed E-state index contributed by atoms with van der Waals surface area (Å²) in [6.45, 7) is 16.1. The second kappa shape index (κ2) is 11.3. The van der Waals surface area contributed by atoms with Crippen LogP contribution in [0.3, 0.4) is 0 Å². The molecule has 0 aliphatic rings. The zero-order chi connectivity index (χ0) is 28.3.